The van der Waals surface area contributed by atoms with Crippen LogP contribution in [0.3, 0.4) is 0 Å². The van der Waals surface area contributed by atoms with Crippen LogP contribution in [-0.2, 0) is 14.3 Å². The van der Waals surface area contributed by atoms with Crippen LogP contribution in [0.4, 0.5) is 0 Å². The van der Waals surface area contributed by atoms with E-state index in [1.54, 1.807) is 20.8 Å². The van der Waals surface area contributed by atoms with Gasteiger partial charge in [0, 0.05) is 11.5 Å². The molecule has 8 heteroatoms. The number of esters is 1. The number of hydrogen-bond acceptors (Lipinski definition) is 5. The Labute approximate surface area is 118 Å². The highest BCUT2D eigenvalue weighted by Gasteiger charge is 2.21. The van der Waals surface area contributed by atoms with Crippen molar-refractivity contribution < 1.29 is 14.3 Å². The lowest BCUT2D eigenvalue weighted by Gasteiger charge is -2.22. The van der Waals surface area contributed by atoms with Gasteiger partial charge in [-0.2, -0.15) is 0 Å². The van der Waals surface area contributed by atoms with Crippen LogP contribution in [0.5, 0.6) is 0 Å². The van der Waals surface area contributed by atoms with Gasteiger partial charge in [-0.25, -0.2) is 0 Å². The minimum atomic E-state index is -0.645. The maximum absolute atomic E-state index is 11.6. The van der Waals surface area contributed by atoms with Crippen molar-refractivity contribution in [2.75, 3.05) is 13.1 Å². The number of ether oxygens (including phenoxy) is 1. The molecule has 0 aliphatic heterocycles. The third kappa shape index (κ3) is 10.2. The van der Waals surface area contributed by atoms with Crippen LogP contribution in [0.25, 0.3) is 10.4 Å². The average molecular weight is 285 g/mol. The predicted molar refractivity (Wildman–Crippen MR) is 74.7 cm³/mol. The van der Waals surface area contributed by atoms with E-state index in [9.17, 15) is 9.59 Å². The number of nitrogens with two attached hydrogens (primary N) is 1. The molecule has 0 rings (SSSR count). The molecule has 0 unspecified atom stereocenters. The largest absolute Gasteiger partial charge is 0.459 e. The van der Waals surface area contributed by atoms with Crippen molar-refractivity contribution in [1.29, 1.82) is 0 Å². The fourth-order valence-electron chi connectivity index (χ4n) is 1.36. The molecule has 1 amide bonds. The van der Waals surface area contributed by atoms with Crippen molar-refractivity contribution in [3.05, 3.63) is 10.4 Å². The molecular formula is C12H23N5O3. The Morgan fingerprint density at radius 3 is 2.60 bits per heavy atom. The highest BCUT2D eigenvalue weighted by molar-refractivity contribution is 5.78. The monoisotopic (exact) mass is 285 g/mol. The van der Waals surface area contributed by atoms with E-state index in [0.717, 1.165) is 0 Å². The molecular weight excluding hydrogens is 262 g/mol. The fourth-order valence-corrected chi connectivity index (χ4v) is 1.36. The Morgan fingerprint density at radius 1 is 1.40 bits per heavy atom. The average Bonchev–Trinajstić information content (AvgIpc) is 2.33. The summed E-state index contributed by atoms with van der Waals surface area (Å²) < 4.78 is 5.16. The van der Waals surface area contributed by atoms with Gasteiger partial charge in [-0.15, -0.1) is 0 Å². The Hall–Kier alpha value is -1.79. The number of unbranched alkanes of at least 4 members (excludes halogenated alkanes) is 1. The highest BCUT2D eigenvalue weighted by Crippen LogP contribution is 2.10. The normalized spacial score (nSPS) is 12.2. The number of amides is 1. The summed E-state index contributed by atoms with van der Waals surface area (Å²) in [6, 6.07) is -0.645. The Balaban J connectivity index is 3.71. The molecule has 0 saturated carbocycles. The summed E-state index contributed by atoms with van der Waals surface area (Å²) in [7, 11) is 0. The number of carbonyl (C=O) groups is 2. The van der Waals surface area contributed by atoms with E-state index in [0.29, 0.717) is 25.8 Å². The quantitative estimate of drug-likeness (QED) is 0.228. The second kappa shape index (κ2) is 9.17. The van der Waals surface area contributed by atoms with Gasteiger partial charge in [-0.3, -0.25) is 9.59 Å². The molecule has 0 aromatic carbocycles. The first-order valence-corrected chi connectivity index (χ1v) is 6.52. The zero-order valence-electron chi connectivity index (χ0n) is 12.3. The molecule has 3 N–H and O–H groups in total. The summed E-state index contributed by atoms with van der Waals surface area (Å²) in [6.07, 6.45) is 1.89. The first kappa shape index (κ1) is 18.2. The van der Waals surface area contributed by atoms with E-state index < -0.39 is 17.6 Å². The maximum Gasteiger partial charge on any atom is 0.323 e. The summed E-state index contributed by atoms with van der Waals surface area (Å²) in [5.74, 6) is -0.732. The lowest BCUT2D eigenvalue weighted by molar-refractivity contribution is -0.156. The summed E-state index contributed by atoms with van der Waals surface area (Å²) >= 11 is 0. The molecule has 0 aromatic heterocycles. The van der Waals surface area contributed by atoms with Gasteiger partial charge in [-0.05, 0) is 45.6 Å². The van der Waals surface area contributed by atoms with Crippen LogP contribution in [-0.4, -0.2) is 36.6 Å². The van der Waals surface area contributed by atoms with Gasteiger partial charge in [0.2, 0.25) is 5.91 Å². The van der Waals surface area contributed by atoms with E-state index in [-0.39, 0.29) is 12.5 Å². The van der Waals surface area contributed by atoms with Crippen LogP contribution in [0, 0.1) is 0 Å². The number of nitrogens with zero attached hydrogens (tertiary/aromatic N) is 3. The minimum Gasteiger partial charge on any atom is -0.459 e. The molecule has 0 saturated heterocycles. The van der Waals surface area contributed by atoms with E-state index in [1.807, 2.05) is 0 Å². The van der Waals surface area contributed by atoms with Crippen LogP contribution >= 0.6 is 0 Å². The summed E-state index contributed by atoms with van der Waals surface area (Å²) in [6.45, 7) is 5.62. The van der Waals surface area contributed by atoms with Gasteiger partial charge in [0.25, 0.3) is 0 Å². The van der Waals surface area contributed by atoms with Crippen LogP contribution in [0.1, 0.15) is 40.0 Å². The smallest absolute Gasteiger partial charge is 0.323 e. The zero-order valence-corrected chi connectivity index (χ0v) is 12.3. The van der Waals surface area contributed by atoms with Crippen molar-refractivity contribution >= 4 is 11.9 Å². The minimum absolute atomic E-state index is 0.200. The lowest BCUT2D eigenvalue weighted by atomic mass is 10.1. The van der Waals surface area contributed by atoms with Gasteiger partial charge < -0.3 is 15.8 Å². The Morgan fingerprint density at radius 2 is 2.05 bits per heavy atom. The molecule has 0 aromatic rings. The molecule has 0 aliphatic rings. The fraction of sp³-hybridized carbons (Fsp3) is 0.833. The van der Waals surface area contributed by atoms with Crippen molar-refractivity contribution in [2.45, 2.75) is 51.7 Å². The molecule has 20 heavy (non-hydrogen) atoms. The second-order valence-electron chi connectivity index (χ2n) is 5.37. The topological polar surface area (TPSA) is 130 Å². The molecule has 0 radical (unpaired) electrons. The zero-order chi connectivity index (χ0) is 15.6. The molecule has 0 heterocycles. The lowest BCUT2D eigenvalue weighted by Crippen LogP contribution is -2.37. The van der Waals surface area contributed by atoms with Crippen LogP contribution in [0.15, 0.2) is 5.11 Å². The second-order valence-corrected chi connectivity index (χ2v) is 5.37. The molecule has 1 atom stereocenters. The van der Waals surface area contributed by atoms with E-state index in [4.69, 9.17) is 16.0 Å². The molecule has 0 spiro atoms. The molecule has 0 bridgehead atoms. The molecule has 0 aliphatic carbocycles. The van der Waals surface area contributed by atoms with E-state index in [2.05, 4.69) is 15.3 Å². The van der Waals surface area contributed by atoms with Crippen molar-refractivity contribution in [3.8, 4) is 0 Å². The highest BCUT2D eigenvalue weighted by atomic mass is 16.6. The first-order chi connectivity index (χ1) is 9.26. The molecule has 8 nitrogen and oxygen atoms in total. The Kier molecular flexibility index (Phi) is 8.35. The van der Waals surface area contributed by atoms with Crippen molar-refractivity contribution in [2.24, 2.45) is 10.8 Å². The Bertz CT molecular complexity index is 372. The SMILES string of the molecule is CC(C)(C)OC(=O)[C@@H](N)CCCCNC(=O)CN=[N+]=[N-]. The number of carbonyl (C=O) groups excluding carboxylic acids is 2. The van der Waals surface area contributed by atoms with Crippen LogP contribution in [0.2, 0.25) is 0 Å². The van der Waals surface area contributed by atoms with Gasteiger partial charge in [0.1, 0.15) is 18.2 Å². The van der Waals surface area contributed by atoms with Gasteiger partial charge in [0.05, 0.1) is 0 Å². The summed E-state index contributed by atoms with van der Waals surface area (Å²) in [5.41, 5.74) is 13.2. The van der Waals surface area contributed by atoms with Gasteiger partial charge in [-0.1, -0.05) is 5.11 Å². The predicted octanol–water partition coefficient (Wildman–Crippen LogP) is 1.25. The van der Waals surface area contributed by atoms with Crippen molar-refractivity contribution in [3.63, 3.8) is 0 Å². The maximum atomic E-state index is 11.6. The number of hydrogen-bond donors (Lipinski definition) is 2. The summed E-state index contributed by atoms with van der Waals surface area (Å²) in [5, 5.41) is 5.74. The number of rotatable bonds is 8. The molecule has 114 valence electrons. The standard InChI is InChI=1S/C12H23N5O3/c1-12(2,3)20-11(19)9(13)6-4-5-7-15-10(18)8-16-17-14/h9H,4-8,13H2,1-3H3,(H,15,18)/t9-/m0/s1. The third-order valence-electron chi connectivity index (χ3n) is 2.25. The van der Waals surface area contributed by atoms with Crippen LogP contribution < -0.4 is 11.1 Å². The van der Waals surface area contributed by atoms with Crippen molar-refractivity contribution in [1.82, 2.24) is 5.32 Å². The van der Waals surface area contributed by atoms with E-state index in [1.165, 1.54) is 0 Å². The summed E-state index contributed by atoms with van der Waals surface area (Å²) in [4.78, 5) is 25.2. The first-order valence-electron chi connectivity index (χ1n) is 6.52. The number of nitrogens with one attached hydrogen (secondary N) is 1. The molecule has 0 fully saturated rings. The van der Waals surface area contributed by atoms with E-state index >= 15 is 0 Å². The van der Waals surface area contributed by atoms with Gasteiger partial charge in [0.15, 0.2) is 0 Å². The van der Waals surface area contributed by atoms with Gasteiger partial charge >= 0.3 is 5.97 Å². The number of azide groups is 1. The third-order valence-corrected chi connectivity index (χ3v) is 2.25.